The molecule has 2 nitrogen and oxygen atoms in total. The Bertz CT molecular complexity index is 428. The zero-order valence-corrected chi connectivity index (χ0v) is 8.76. The molecular weight excluding hydrogens is 230 g/mol. The van der Waals surface area contributed by atoms with Gasteiger partial charge in [0.25, 0.3) is 0 Å². The van der Waals surface area contributed by atoms with Gasteiger partial charge in [-0.1, -0.05) is 18.2 Å². The average Bonchev–Trinajstić information content (AvgIpc) is 2.80. The van der Waals surface area contributed by atoms with Crippen LogP contribution in [0.2, 0.25) is 0 Å². The van der Waals surface area contributed by atoms with Crippen LogP contribution in [0.3, 0.4) is 0 Å². The summed E-state index contributed by atoms with van der Waals surface area (Å²) in [7, 11) is -3.67. The molecular formula is C11H9BF3NO. The first kappa shape index (κ1) is 13.1. The van der Waals surface area contributed by atoms with Gasteiger partial charge in [0.1, 0.15) is 5.76 Å². The first-order chi connectivity index (χ1) is 8.18. The van der Waals surface area contributed by atoms with Crippen molar-refractivity contribution in [3.8, 4) is 0 Å². The lowest BCUT2D eigenvalue weighted by atomic mass is 10.3. The maximum atomic E-state index is 9.67. The highest BCUT2D eigenvalue weighted by atomic mass is 19.4. The van der Waals surface area contributed by atoms with E-state index >= 15 is 0 Å². The summed E-state index contributed by atoms with van der Waals surface area (Å²) in [6.07, 6.45) is 3.34. The van der Waals surface area contributed by atoms with Crippen molar-refractivity contribution in [2.24, 2.45) is 4.99 Å². The second kappa shape index (κ2) is 7.32. The lowest BCUT2D eigenvalue weighted by Crippen LogP contribution is -1.76. The van der Waals surface area contributed by atoms with Gasteiger partial charge in [0.05, 0.1) is 18.2 Å². The van der Waals surface area contributed by atoms with Crippen molar-refractivity contribution in [2.75, 3.05) is 0 Å². The van der Waals surface area contributed by atoms with E-state index in [4.69, 9.17) is 4.42 Å². The summed E-state index contributed by atoms with van der Waals surface area (Å²) in [4.78, 5) is 4.23. The Labute approximate surface area is 97.0 Å². The van der Waals surface area contributed by atoms with Crippen molar-refractivity contribution < 1.29 is 17.4 Å². The first-order valence-corrected chi connectivity index (χ1v) is 4.73. The molecule has 2 aromatic rings. The van der Waals surface area contributed by atoms with Gasteiger partial charge in [0.15, 0.2) is 0 Å². The SMILES string of the molecule is C(=Nc1ccccc1)c1ccco1.FB(F)F. The predicted molar refractivity (Wildman–Crippen MR) is 61.5 cm³/mol. The van der Waals surface area contributed by atoms with Crippen LogP contribution in [0.5, 0.6) is 0 Å². The zero-order chi connectivity index (χ0) is 12.5. The molecule has 0 bridgehead atoms. The largest absolute Gasteiger partial charge is 0.762 e. The van der Waals surface area contributed by atoms with Crippen LogP contribution in [-0.2, 0) is 0 Å². The summed E-state index contributed by atoms with van der Waals surface area (Å²) in [5, 5.41) is 0. The minimum absolute atomic E-state index is 0.767. The van der Waals surface area contributed by atoms with Crippen molar-refractivity contribution in [2.45, 2.75) is 0 Å². The van der Waals surface area contributed by atoms with E-state index in [1.165, 1.54) is 0 Å². The zero-order valence-electron chi connectivity index (χ0n) is 8.76. The number of rotatable bonds is 2. The second-order valence-corrected chi connectivity index (χ2v) is 2.86. The van der Waals surface area contributed by atoms with Gasteiger partial charge in [-0.15, -0.1) is 0 Å². The molecule has 0 aliphatic carbocycles. The van der Waals surface area contributed by atoms with E-state index in [1.54, 1.807) is 12.5 Å². The lowest BCUT2D eigenvalue weighted by molar-refractivity contribution is 0.535. The van der Waals surface area contributed by atoms with Crippen molar-refractivity contribution in [3.05, 3.63) is 54.5 Å². The Balaban J connectivity index is 0.000000317. The van der Waals surface area contributed by atoms with E-state index in [9.17, 15) is 12.9 Å². The van der Waals surface area contributed by atoms with Crippen LogP contribution < -0.4 is 0 Å². The monoisotopic (exact) mass is 239 g/mol. The predicted octanol–water partition coefficient (Wildman–Crippen LogP) is 3.91. The minimum Gasteiger partial charge on any atom is -0.463 e. The molecule has 0 fully saturated rings. The summed E-state index contributed by atoms with van der Waals surface area (Å²) in [6, 6.07) is 13.5. The van der Waals surface area contributed by atoms with Gasteiger partial charge in [-0.2, -0.15) is 0 Å². The Hall–Kier alpha value is -1.98. The molecule has 0 atom stereocenters. The Morgan fingerprint density at radius 2 is 1.65 bits per heavy atom. The van der Waals surface area contributed by atoms with Crippen molar-refractivity contribution >= 4 is 19.4 Å². The Kier molecular flexibility index (Phi) is 5.64. The maximum absolute atomic E-state index is 9.67. The third-order valence-electron chi connectivity index (χ3n) is 1.64. The molecule has 0 spiro atoms. The van der Waals surface area contributed by atoms with Crippen molar-refractivity contribution in [1.29, 1.82) is 0 Å². The fraction of sp³-hybridized carbons (Fsp3) is 0. The van der Waals surface area contributed by atoms with Crippen molar-refractivity contribution in [1.82, 2.24) is 0 Å². The summed E-state index contributed by atoms with van der Waals surface area (Å²) >= 11 is 0. The molecule has 0 radical (unpaired) electrons. The standard InChI is InChI=1S/C11H9NO.BF3/c1-2-5-10(6-3-1)12-9-11-7-4-8-13-11;2-1(3)4/h1-9H;. The Morgan fingerprint density at radius 1 is 1.00 bits per heavy atom. The molecule has 0 N–H and O–H groups in total. The highest BCUT2D eigenvalue weighted by Crippen LogP contribution is 2.09. The molecule has 2 rings (SSSR count). The third-order valence-corrected chi connectivity index (χ3v) is 1.64. The normalized spacial score (nSPS) is 9.82. The molecule has 0 aliphatic heterocycles. The number of halogens is 3. The fourth-order valence-corrected chi connectivity index (χ4v) is 1.02. The summed E-state index contributed by atoms with van der Waals surface area (Å²) in [5.74, 6) is 0.767. The molecule has 0 amide bonds. The summed E-state index contributed by atoms with van der Waals surface area (Å²) < 4.78 is 34.1. The molecule has 1 aromatic heterocycles. The number of aliphatic imine (C=N–C) groups is 1. The highest BCUT2D eigenvalue weighted by Gasteiger charge is 2.06. The van der Waals surface area contributed by atoms with Crippen LogP contribution in [0, 0.1) is 0 Å². The molecule has 0 saturated heterocycles. The summed E-state index contributed by atoms with van der Waals surface area (Å²) in [5.41, 5.74) is 0.930. The Morgan fingerprint density at radius 3 is 2.18 bits per heavy atom. The number of nitrogens with zero attached hydrogens (tertiary/aromatic N) is 1. The smallest absolute Gasteiger partial charge is 0.463 e. The van der Waals surface area contributed by atoms with Gasteiger partial charge in [0.2, 0.25) is 0 Å². The summed E-state index contributed by atoms with van der Waals surface area (Å²) in [6.45, 7) is 0. The van der Waals surface area contributed by atoms with Crippen LogP contribution in [-0.4, -0.2) is 13.8 Å². The van der Waals surface area contributed by atoms with Crippen molar-refractivity contribution in [3.63, 3.8) is 0 Å². The van der Waals surface area contributed by atoms with Gasteiger partial charge >= 0.3 is 7.54 Å². The number of hydrogen-bond acceptors (Lipinski definition) is 2. The van der Waals surface area contributed by atoms with Crippen LogP contribution in [0.15, 0.2) is 58.1 Å². The molecule has 0 aliphatic rings. The molecule has 0 saturated carbocycles. The molecule has 0 unspecified atom stereocenters. The average molecular weight is 239 g/mol. The molecule has 88 valence electrons. The van der Waals surface area contributed by atoms with E-state index in [-0.39, 0.29) is 0 Å². The molecule has 17 heavy (non-hydrogen) atoms. The quantitative estimate of drug-likeness (QED) is 0.576. The molecule has 1 aromatic carbocycles. The van der Waals surface area contributed by atoms with Gasteiger partial charge in [0, 0.05) is 0 Å². The van der Waals surface area contributed by atoms with Gasteiger partial charge in [-0.3, -0.25) is 17.9 Å². The first-order valence-electron chi connectivity index (χ1n) is 4.73. The number of benzene rings is 1. The van der Waals surface area contributed by atoms with Crippen LogP contribution >= 0.6 is 0 Å². The van der Waals surface area contributed by atoms with Gasteiger partial charge < -0.3 is 4.42 Å². The van der Waals surface area contributed by atoms with Crippen LogP contribution in [0.4, 0.5) is 18.6 Å². The number of furan rings is 1. The fourth-order valence-electron chi connectivity index (χ4n) is 1.02. The number of hydrogen-bond donors (Lipinski definition) is 0. The third kappa shape index (κ3) is 6.24. The van der Waals surface area contributed by atoms with Crippen LogP contribution in [0.25, 0.3) is 0 Å². The van der Waals surface area contributed by atoms with Gasteiger partial charge in [-0.25, -0.2) is 0 Å². The van der Waals surface area contributed by atoms with E-state index < -0.39 is 7.54 Å². The van der Waals surface area contributed by atoms with E-state index in [2.05, 4.69) is 4.99 Å². The second-order valence-electron chi connectivity index (χ2n) is 2.86. The highest BCUT2D eigenvalue weighted by molar-refractivity contribution is 6.33. The van der Waals surface area contributed by atoms with E-state index in [1.807, 2.05) is 42.5 Å². The minimum atomic E-state index is -3.67. The van der Waals surface area contributed by atoms with E-state index in [0.29, 0.717) is 0 Å². The van der Waals surface area contributed by atoms with Gasteiger partial charge in [-0.05, 0) is 24.3 Å². The van der Waals surface area contributed by atoms with Crippen LogP contribution in [0.1, 0.15) is 5.76 Å². The topological polar surface area (TPSA) is 25.5 Å². The maximum Gasteiger partial charge on any atom is 0.762 e. The number of para-hydroxylation sites is 1. The molecule has 1 heterocycles. The van der Waals surface area contributed by atoms with E-state index in [0.717, 1.165) is 11.4 Å². The molecule has 6 heteroatoms. The lowest BCUT2D eigenvalue weighted by Gasteiger charge is -1.89.